The summed E-state index contributed by atoms with van der Waals surface area (Å²) >= 11 is 0. The van der Waals surface area contributed by atoms with Gasteiger partial charge in [-0.3, -0.25) is 4.79 Å². The minimum atomic E-state index is -1.01. The van der Waals surface area contributed by atoms with E-state index >= 15 is 0 Å². The van der Waals surface area contributed by atoms with E-state index in [9.17, 15) is 9.59 Å². The van der Waals surface area contributed by atoms with Crippen LogP contribution in [0.15, 0.2) is 24.3 Å². The Bertz CT molecular complexity index is 439. The first-order valence-corrected chi connectivity index (χ1v) is 5.52. The molecule has 0 bridgehead atoms. The zero-order valence-corrected chi connectivity index (χ0v) is 9.35. The topological polar surface area (TPSA) is 69.6 Å². The summed E-state index contributed by atoms with van der Waals surface area (Å²) in [6.45, 7) is 2.89. The van der Waals surface area contributed by atoms with Gasteiger partial charge in [0.2, 0.25) is 0 Å². The number of carboxylic acid groups (broad SMARTS) is 1. The van der Waals surface area contributed by atoms with Gasteiger partial charge in [-0.25, -0.2) is 4.79 Å². The third kappa shape index (κ3) is 2.62. The van der Waals surface area contributed by atoms with Crippen molar-refractivity contribution in [3.05, 3.63) is 35.4 Å². The second kappa shape index (κ2) is 4.97. The van der Waals surface area contributed by atoms with Crippen LogP contribution in [-0.2, 0) is 0 Å². The van der Waals surface area contributed by atoms with E-state index in [1.165, 1.54) is 12.1 Å². The van der Waals surface area contributed by atoms with Crippen LogP contribution >= 0.6 is 0 Å². The van der Waals surface area contributed by atoms with E-state index in [0.29, 0.717) is 18.7 Å². The summed E-state index contributed by atoms with van der Waals surface area (Å²) in [6, 6.07) is 6.15. The lowest BCUT2D eigenvalue weighted by atomic mass is 10.1. The third-order valence-electron chi connectivity index (χ3n) is 2.76. The standard InChI is InChI=1S/C12H14N2O3/c15-11(14-6-4-13-5-7-14)9-2-1-3-10(8-9)12(16)17/h1-3,8,13H,4-7H2,(H,16,17). The van der Waals surface area contributed by atoms with E-state index in [4.69, 9.17) is 5.11 Å². The fraction of sp³-hybridized carbons (Fsp3) is 0.333. The van der Waals surface area contributed by atoms with E-state index in [0.717, 1.165) is 13.1 Å². The SMILES string of the molecule is O=C(O)c1cccc(C(=O)N2CCNCC2)c1. The molecule has 1 saturated heterocycles. The van der Waals surface area contributed by atoms with E-state index < -0.39 is 5.97 Å². The highest BCUT2D eigenvalue weighted by molar-refractivity contribution is 5.97. The number of aromatic carboxylic acids is 1. The summed E-state index contributed by atoms with van der Waals surface area (Å²) in [7, 11) is 0. The van der Waals surface area contributed by atoms with Gasteiger partial charge in [-0.1, -0.05) is 6.07 Å². The highest BCUT2D eigenvalue weighted by atomic mass is 16.4. The third-order valence-corrected chi connectivity index (χ3v) is 2.76. The maximum atomic E-state index is 12.1. The summed E-state index contributed by atoms with van der Waals surface area (Å²) in [5.41, 5.74) is 0.581. The second-order valence-corrected chi connectivity index (χ2v) is 3.93. The molecule has 1 aliphatic heterocycles. The zero-order chi connectivity index (χ0) is 12.3. The largest absolute Gasteiger partial charge is 0.478 e. The molecule has 0 atom stereocenters. The summed E-state index contributed by atoms with van der Waals surface area (Å²) in [5, 5.41) is 12.0. The first-order valence-electron chi connectivity index (χ1n) is 5.52. The molecule has 0 unspecified atom stereocenters. The number of rotatable bonds is 2. The number of nitrogens with one attached hydrogen (secondary N) is 1. The van der Waals surface area contributed by atoms with Gasteiger partial charge in [0.25, 0.3) is 5.91 Å². The average Bonchev–Trinajstić information content (AvgIpc) is 2.39. The smallest absolute Gasteiger partial charge is 0.335 e. The monoisotopic (exact) mass is 234 g/mol. The average molecular weight is 234 g/mol. The minimum Gasteiger partial charge on any atom is -0.478 e. The van der Waals surface area contributed by atoms with Crippen LogP contribution in [0.3, 0.4) is 0 Å². The Hall–Kier alpha value is -1.88. The molecule has 0 aliphatic carbocycles. The molecule has 0 spiro atoms. The van der Waals surface area contributed by atoms with E-state index in [1.807, 2.05) is 0 Å². The van der Waals surface area contributed by atoms with Crippen molar-refractivity contribution in [2.45, 2.75) is 0 Å². The van der Waals surface area contributed by atoms with Crippen molar-refractivity contribution in [3.8, 4) is 0 Å². The van der Waals surface area contributed by atoms with Crippen molar-refractivity contribution in [3.63, 3.8) is 0 Å². The van der Waals surface area contributed by atoms with Crippen molar-refractivity contribution in [2.75, 3.05) is 26.2 Å². The molecule has 1 aromatic carbocycles. The molecule has 2 rings (SSSR count). The number of carbonyl (C=O) groups excluding carboxylic acids is 1. The van der Waals surface area contributed by atoms with Gasteiger partial charge in [0.05, 0.1) is 5.56 Å². The van der Waals surface area contributed by atoms with E-state index in [-0.39, 0.29) is 11.5 Å². The van der Waals surface area contributed by atoms with Crippen molar-refractivity contribution in [1.29, 1.82) is 0 Å². The van der Waals surface area contributed by atoms with Crippen molar-refractivity contribution >= 4 is 11.9 Å². The van der Waals surface area contributed by atoms with Gasteiger partial charge in [0.1, 0.15) is 0 Å². The van der Waals surface area contributed by atoms with Gasteiger partial charge in [0.15, 0.2) is 0 Å². The predicted octanol–water partition coefficient (Wildman–Crippen LogP) is 0.430. The molecule has 90 valence electrons. The molecule has 5 nitrogen and oxygen atoms in total. The molecule has 1 fully saturated rings. The van der Waals surface area contributed by atoms with Gasteiger partial charge in [-0.15, -0.1) is 0 Å². The zero-order valence-electron chi connectivity index (χ0n) is 9.35. The van der Waals surface area contributed by atoms with Crippen molar-refractivity contribution in [1.82, 2.24) is 10.2 Å². The van der Waals surface area contributed by atoms with Crippen LogP contribution in [0.5, 0.6) is 0 Å². The Labute approximate surface area is 99.0 Å². The molecule has 0 radical (unpaired) electrons. The highest BCUT2D eigenvalue weighted by Gasteiger charge is 2.18. The van der Waals surface area contributed by atoms with Crippen molar-refractivity contribution < 1.29 is 14.7 Å². The molecule has 1 aliphatic rings. The number of hydrogen-bond donors (Lipinski definition) is 2. The molecule has 0 saturated carbocycles. The van der Waals surface area contributed by atoms with Gasteiger partial charge >= 0.3 is 5.97 Å². The summed E-state index contributed by atoms with van der Waals surface area (Å²) in [4.78, 5) is 24.6. The molecule has 2 N–H and O–H groups in total. The van der Waals surface area contributed by atoms with Crippen LogP contribution < -0.4 is 5.32 Å². The van der Waals surface area contributed by atoms with Gasteiger partial charge < -0.3 is 15.3 Å². The maximum absolute atomic E-state index is 12.1. The first-order chi connectivity index (χ1) is 8.18. The van der Waals surface area contributed by atoms with Crippen LogP contribution in [0.2, 0.25) is 0 Å². The minimum absolute atomic E-state index is 0.102. The van der Waals surface area contributed by atoms with Crippen LogP contribution in [0.4, 0.5) is 0 Å². The number of hydrogen-bond acceptors (Lipinski definition) is 3. The van der Waals surface area contributed by atoms with Crippen LogP contribution in [0, 0.1) is 0 Å². The maximum Gasteiger partial charge on any atom is 0.335 e. The Morgan fingerprint density at radius 2 is 1.82 bits per heavy atom. The Morgan fingerprint density at radius 3 is 2.47 bits per heavy atom. The molecule has 1 aromatic rings. The number of benzene rings is 1. The molecule has 1 heterocycles. The Kier molecular flexibility index (Phi) is 3.39. The molecular weight excluding hydrogens is 220 g/mol. The quantitative estimate of drug-likeness (QED) is 0.778. The normalized spacial score (nSPS) is 15.6. The summed E-state index contributed by atoms with van der Waals surface area (Å²) in [5.74, 6) is -1.12. The first kappa shape index (κ1) is 11.6. The molecule has 17 heavy (non-hydrogen) atoms. The molecule has 0 aromatic heterocycles. The van der Waals surface area contributed by atoms with Crippen molar-refractivity contribution in [2.24, 2.45) is 0 Å². The van der Waals surface area contributed by atoms with Crippen LogP contribution in [0.25, 0.3) is 0 Å². The number of nitrogens with zero attached hydrogens (tertiary/aromatic N) is 1. The van der Waals surface area contributed by atoms with Crippen LogP contribution in [-0.4, -0.2) is 48.1 Å². The second-order valence-electron chi connectivity index (χ2n) is 3.93. The summed E-state index contributed by atoms with van der Waals surface area (Å²) < 4.78 is 0. The fourth-order valence-electron chi connectivity index (χ4n) is 1.84. The van der Waals surface area contributed by atoms with E-state index in [1.54, 1.807) is 17.0 Å². The van der Waals surface area contributed by atoms with Gasteiger partial charge in [0, 0.05) is 31.7 Å². The van der Waals surface area contributed by atoms with E-state index in [2.05, 4.69) is 5.32 Å². The number of carbonyl (C=O) groups is 2. The lowest BCUT2D eigenvalue weighted by Gasteiger charge is -2.27. The van der Waals surface area contributed by atoms with Crippen LogP contribution in [0.1, 0.15) is 20.7 Å². The molecule has 5 heteroatoms. The summed E-state index contributed by atoms with van der Waals surface area (Å²) in [6.07, 6.45) is 0. The van der Waals surface area contributed by atoms with Gasteiger partial charge in [-0.05, 0) is 18.2 Å². The highest BCUT2D eigenvalue weighted by Crippen LogP contribution is 2.09. The molecular formula is C12H14N2O3. The number of piperazine rings is 1. The van der Waals surface area contributed by atoms with Gasteiger partial charge in [-0.2, -0.15) is 0 Å². The number of amides is 1. The predicted molar refractivity (Wildman–Crippen MR) is 62.2 cm³/mol. The number of carboxylic acids is 1. The Morgan fingerprint density at radius 1 is 1.18 bits per heavy atom. The fourth-order valence-corrected chi connectivity index (χ4v) is 1.84. The lowest BCUT2D eigenvalue weighted by molar-refractivity contribution is 0.0697. The Balaban J connectivity index is 2.18. The molecule has 1 amide bonds. The lowest BCUT2D eigenvalue weighted by Crippen LogP contribution is -2.46.